The van der Waals surface area contributed by atoms with Crippen LogP contribution in [0.1, 0.15) is 16.1 Å². The van der Waals surface area contributed by atoms with E-state index < -0.39 is 0 Å². The lowest BCUT2D eigenvalue weighted by Gasteiger charge is -2.26. The zero-order valence-corrected chi connectivity index (χ0v) is 14.9. The zero-order chi connectivity index (χ0) is 17.9. The summed E-state index contributed by atoms with van der Waals surface area (Å²) in [5.41, 5.74) is 1.48. The summed E-state index contributed by atoms with van der Waals surface area (Å²) in [5, 5.41) is 7.04. The average Bonchev–Trinajstić information content (AvgIpc) is 2.98. The van der Waals surface area contributed by atoms with Crippen molar-refractivity contribution in [3.05, 3.63) is 65.7 Å². The van der Waals surface area contributed by atoms with Gasteiger partial charge < -0.3 is 15.1 Å². The van der Waals surface area contributed by atoms with E-state index in [0.717, 1.165) is 24.0 Å². The number of benzene rings is 2. The first-order valence-electron chi connectivity index (χ1n) is 8.59. The number of nitrogens with one attached hydrogen (secondary N) is 2. The topological polar surface area (TPSA) is 54.3 Å². The molecule has 3 aromatic rings. The van der Waals surface area contributed by atoms with Crippen LogP contribution < -0.4 is 10.6 Å². The number of hydrogen-bond donors (Lipinski definition) is 2. The number of rotatable bonds is 6. The highest BCUT2D eigenvalue weighted by molar-refractivity contribution is 7.98. The van der Waals surface area contributed by atoms with Gasteiger partial charge in [-0.25, -0.2) is 4.39 Å². The van der Waals surface area contributed by atoms with Crippen LogP contribution in [0.2, 0.25) is 0 Å². The molecule has 2 aromatic carbocycles. The largest absolute Gasteiger partial charge is 0.451 e. The molecule has 1 saturated heterocycles. The molecule has 0 aliphatic carbocycles. The van der Waals surface area contributed by atoms with Crippen molar-refractivity contribution in [2.75, 3.05) is 19.6 Å². The van der Waals surface area contributed by atoms with E-state index >= 15 is 0 Å². The molecule has 0 radical (unpaired) electrons. The van der Waals surface area contributed by atoms with Crippen molar-refractivity contribution in [2.24, 2.45) is 5.92 Å². The summed E-state index contributed by atoms with van der Waals surface area (Å²) in [4.78, 5) is 13.2. The number of carbonyl (C=O) groups excluding carboxylic acids is 1. The molecule has 0 unspecified atom stereocenters. The lowest BCUT2D eigenvalue weighted by molar-refractivity contribution is 0.0915. The number of furan rings is 1. The van der Waals surface area contributed by atoms with Crippen LogP contribution >= 0.6 is 11.8 Å². The number of para-hydroxylation sites is 1. The van der Waals surface area contributed by atoms with Gasteiger partial charge in [-0.2, -0.15) is 0 Å². The van der Waals surface area contributed by atoms with Crippen LogP contribution in [0.25, 0.3) is 11.0 Å². The van der Waals surface area contributed by atoms with Crippen molar-refractivity contribution in [1.29, 1.82) is 0 Å². The molecule has 2 N–H and O–H groups in total. The van der Waals surface area contributed by atoms with Crippen molar-refractivity contribution in [3.8, 4) is 0 Å². The molecular weight excluding hydrogens is 351 g/mol. The fourth-order valence-corrected chi connectivity index (χ4v) is 3.91. The summed E-state index contributed by atoms with van der Waals surface area (Å²) >= 11 is 1.37. The summed E-state index contributed by atoms with van der Waals surface area (Å²) in [6.45, 7) is 2.48. The molecule has 1 fully saturated rings. The van der Waals surface area contributed by atoms with E-state index in [1.165, 1.54) is 17.8 Å². The van der Waals surface area contributed by atoms with Crippen molar-refractivity contribution >= 4 is 28.6 Å². The van der Waals surface area contributed by atoms with E-state index in [-0.39, 0.29) is 11.7 Å². The summed E-state index contributed by atoms with van der Waals surface area (Å²) < 4.78 is 19.7. The Morgan fingerprint density at radius 3 is 2.73 bits per heavy atom. The highest BCUT2D eigenvalue weighted by Crippen LogP contribution is 2.33. The Hall–Kier alpha value is -2.31. The highest BCUT2D eigenvalue weighted by atomic mass is 32.2. The monoisotopic (exact) mass is 370 g/mol. The van der Waals surface area contributed by atoms with Crippen LogP contribution in [0.15, 0.2) is 57.8 Å². The lowest BCUT2D eigenvalue weighted by Crippen LogP contribution is -2.48. The minimum Gasteiger partial charge on any atom is -0.451 e. The van der Waals surface area contributed by atoms with Gasteiger partial charge in [0.15, 0.2) is 5.76 Å². The van der Waals surface area contributed by atoms with Gasteiger partial charge in [-0.1, -0.05) is 30.3 Å². The first-order valence-corrected chi connectivity index (χ1v) is 9.57. The Labute approximate surface area is 155 Å². The highest BCUT2D eigenvalue weighted by Gasteiger charge is 2.23. The Balaban J connectivity index is 1.58. The Morgan fingerprint density at radius 1 is 1.19 bits per heavy atom. The van der Waals surface area contributed by atoms with Gasteiger partial charge in [-0.05, 0) is 18.2 Å². The molecular formula is C20H19FN2O2S. The van der Waals surface area contributed by atoms with Crippen LogP contribution in [-0.4, -0.2) is 25.5 Å². The number of carbonyl (C=O) groups is 1. The van der Waals surface area contributed by atoms with E-state index in [4.69, 9.17) is 4.42 Å². The van der Waals surface area contributed by atoms with E-state index in [2.05, 4.69) is 10.6 Å². The summed E-state index contributed by atoms with van der Waals surface area (Å²) in [6, 6.07) is 14.2. The molecule has 4 rings (SSSR count). The van der Waals surface area contributed by atoms with E-state index in [1.807, 2.05) is 24.3 Å². The van der Waals surface area contributed by atoms with Gasteiger partial charge in [-0.3, -0.25) is 4.79 Å². The third kappa shape index (κ3) is 3.48. The van der Waals surface area contributed by atoms with E-state index in [0.29, 0.717) is 34.5 Å². The molecule has 2 heterocycles. The summed E-state index contributed by atoms with van der Waals surface area (Å²) in [6.07, 6.45) is 0. The molecule has 1 aromatic heterocycles. The fourth-order valence-electron chi connectivity index (χ4n) is 2.95. The predicted octanol–water partition coefficient (Wildman–Crippen LogP) is 3.81. The second-order valence-electron chi connectivity index (χ2n) is 6.36. The minimum absolute atomic E-state index is 0.211. The van der Waals surface area contributed by atoms with Crippen molar-refractivity contribution in [1.82, 2.24) is 10.6 Å². The maximum atomic E-state index is 13.9. The second-order valence-corrected chi connectivity index (χ2v) is 7.38. The number of thioether (sulfide) groups is 1. The van der Waals surface area contributed by atoms with Crippen LogP contribution in [0.5, 0.6) is 0 Å². The molecule has 0 saturated carbocycles. The maximum Gasteiger partial charge on any atom is 0.287 e. The van der Waals surface area contributed by atoms with Gasteiger partial charge in [0.25, 0.3) is 5.91 Å². The minimum atomic E-state index is -0.256. The quantitative estimate of drug-likeness (QED) is 0.648. The van der Waals surface area contributed by atoms with Crippen molar-refractivity contribution in [2.45, 2.75) is 10.6 Å². The molecule has 0 spiro atoms. The molecule has 1 amide bonds. The lowest BCUT2D eigenvalue weighted by atomic mass is 10.0. The van der Waals surface area contributed by atoms with E-state index in [1.54, 1.807) is 18.2 Å². The predicted molar refractivity (Wildman–Crippen MR) is 101 cm³/mol. The van der Waals surface area contributed by atoms with Crippen LogP contribution in [-0.2, 0) is 5.75 Å². The number of amides is 1. The smallest absolute Gasteiger partial charge is 0.287 e. The van der Waals surface area contributed by atoms with Gasteiger partial charge in [-0.15, -0.1) is 11.8 Å². The molecule has 134 valence electrons. The fraction of sp³-hybridized carbons (Fsp3) is 0.250. The standard InChI is InChI=1S/C20H19FN2O2S/c21-16-6-2-4-8-18(16)26-12-15-14-5-1-3-7-17(14)25-19(15)20(24)23-11-13-9-22-10-13/h1-8,13,22H,9-12H2,(H,23,24). The molecule has 0 atom stereocenters. The van der Waals surface area contributed by atoms with Crippen molar-refractivity contribution < 1.29 is 13.6 Å². The van der Waals surface area contributed by atoms with Gasteiger partial charge >= 0.3 is 0 Å². The zero-order valence-electron chi connectivity index (χ0n) is 14.1. The van der Waals surface area contributed by atoms with Gasteiger partial charge in [0, 0.05) is 47.2 Å². The molecule has 1 aliphatic heterocycles. The van der Waals surface area contributed by atoms with Gasteiger partial charge in [0.05, 0.1) is 0 Å². The Kier molecular flexibility index (Phi) is 4.95. The molecule has 6 heteroatoms. The molecule has 0 bridgehead atoms. The number of halogens is 1. The van der Waals surface area contributed by atoms with E-state index in [9.17, 15) is 9.18 Å². The van der Waals surface area contributed by atoms with Gasteiger partial charge in [0.2, 0.25) is 0 Å². The Morgan fingerprint density at radius 2 is 1.96 bits per heavy atom. The van der Waals surface area contributed by atoms with Crippen molar-refractivity contribution in [3.63, 3.8) is 0 Å². The summed E-state index contributed by atoms with van der Waals surface area (Å²) in [7, 11) is 0. The first-order chi connectivity index (χ1) is 12.7. The number of fused-ring (bicyclic) bond motifs is 1. The number of hydrogen-bond acceptors (Lipinski definition) is 4. The molecule has 26 heavy (non-hydrogen) atoms. The molecule has 4 nitrogen and oxygen atoms in total. The third-order valence-corrected chi connectivity index (χ3v) is 5.61. The first kappa shape index (κ1) is 17.1. The summed E-state index contributed by atoms with van der Waals surface area (Å²) in [5.74, 6) is 0.791. The van der Waals surface area contributed by atoms with Gasteiger partial charge in [0.1, 0.15) is 11.4 Å². The van der Waals surface area contributed by atoms with Crippen LogP contribution in [0.4, 0.5) is 4.39 Å². The molecule has 1 aliphatic rings. The SMILES string of the molecule is O=C(NCC1CNC1)c1oc2ccccc2c1CSc1ccccc1F. The maximum absolute atomic E-state index is 13.9. The normalized spacial score (nSPS) is 14.3. The third-order valence-electron chi connectivity index (χ3n) is 4.53. The van der Waals surface area contributed by atoms with Crippen LogP contribution in [0.3, 0.4) is 0 Å². The Bertz CT molecular complexity index is 936. The second kappa shape index (κ2) is 7.51. The average molecular weight is 370 g/mol. The van der Waals surface area contributed by atoms with Crippen LogP contribution in [0, 0.1) is 11.7 Å².